The van der Waals surface area contributed by atoms with E-state index < -0.39 is 9.84 Å². The van der Waals surface area contributed by atoms with Crippen molar-refractivity contribution in [3.05, 3.63) is 35.4 Å². The van der Waals surface area contributed by atoms with Crippen LogP contribution in [0.2, 0.25) is 0 Å². The Hall–Kier alpha value is -1.40. The maximum absolute atomic E-state index is 12.4. The van der Waals surface area contributed by atoms with Gasteiger partial charge in [-0.1, -0.05) is 24.3 Å². The summed E-state index contributed by atoms with van der Waals surface area (Å²) in [6, 6.07) is 7.27. The summed E-state index contributed by atoms with van der Waals surface area (Å²) in [6.45, 7) is 0.762. The van der Waals surface area contributed by atoms with Crippen molar-refractivity contribution in [2.45, 2.75) is 24.9 Å². The molecular formula is C14H18N2O3S. The van der Waals surface area contributed by atoms with Gasteiger partial charge in [0.15, 0.2) is 9.84 Å². The highest BCUT2D eigenvalue weighted by Crippen LogP contribution is 2.23. The van der Waals surface area contributed by atoms with Crippen LogP contribution in [0.15, 0.2) is 24.3 Å². The Morgan fingerprint density at radius 2 is 2.10 bits per heavy atom. The number of rotatable bonds is 2. The zero-order valence-corrected chi connectivity index (χ0v) is 11.9. The minimum Gasteiger partial charge on any atom is -0.351 e. The van der Waals surface area contributed by atoms with Crippen molar-refractivity contribution in [2.75, 3.05) is 18.1 Å². The van der Waals surface area contributed by atoms with Gasteiger partial charge in [-0.2, -0.15) is 0 Å². The van der Waals surface area contributed by atoms with Gasteiger partial charge in [0.05, 0.1) is 11.5 Å². The third kappa shape index (κ3) is 2.71. The minimum absolute atomic E-state index is 0.0626. The van der Waals surface area contributed by atoms with E-state index in [4.69, 9.17) is 0 Å². The average molecular weight is 294 g/mol. The van der Waals surface area contributed by atoms with Crippen molar-refractivity contribution in [3.8, 4) is 0 Å². The molecule has 108 valence electrons. The highest BCUT2D eigenvalue weighted by atomic mass is 32.2. The summed E-state index contributed by atoms with van der Waals surface area (Å²) in [5.41, 5.74) is 2.18. The van der Waals surface area contributed by atoms with E-state index in [-0.39, 0.29) is 29.5 Å². The van der Waals surface area contributed by atoms with Crippen molar-refractivity contribution in [2.24, 2.45) is 0 Å². The molecule has 0 spiro atoms. The first-order chi connectivity index (χ1) is 9.55. The summed E-state index contributed by atoms with van der Waals surface area (Å²) in [7, 11) is -2.97. The lowest BCUT2D eigenvalue weighted by Crippen LogP contribution is -2.45. The van der Waals surface area contributed by atoms with Crippen LogP contribution in [0.25, 0.3) is 0 Å². The smallest absolute Gasteiger partial charge is 0.241 e. The Balaban J connectivity index is 1.73. The molecule has 1 aromatic rings. The zero-order valence-electron chi connectivity index (χ0n) is 11.1. The summed E-state index contributed by atoms with van der Waals surface area (Å²) in [5.74, 6) is 0.110. The van der Waals surface area contributed by atoms with E-state index in [9.17, 15) is 13.2 Å². The highest BCUT2D eigenvalue weighted by molar-refractivity contribution is 7.91. The summed E-state index contributed by atoms with van der Waals surface area (Å²) >= 11 is 0. The van der Waals surface area contributed by atoms with Gasteiger partial charge < -0.3 is 10.6 Å². The number of amides is 1. The molecule has 2 heterocycles. The fourth-order valence-electron chi connectivity index (χ4n) is 2.93. The van der Waals surface area contributed by atoms with Gasteiger partial charge in [-0.15, -0.1) is 0 Å². The Bertz CT molecular complexity index is 627. The minimum atomic E-state index is -2.97. The van der Waals surface area contributed by atoms with Crippen molar-refractivity contribution in [1.29, 1.82) is 0 Å². The van der Waals surface area contributed by atoms with Crippen LogP contribution in [0, 0.1) is 0 Å². The molecule has 2 atom stereocenters. The predicted octanol–water partition coefficient (Wildman–Crippen LogP) is 0.177. The normalized spacial score (nSPS) is 27.8. The molecule has 2 unspecified atom stereocenters. The molecule has 1 aromatic carbocycles. The van der Waals surface area contributed by atoms with Crippen molar-refractivity contribution in [1.82, 2.24) is 10.6 Å². The Labute approximate surface area is 118 Å². The molecule has 2 aliphatic rings. The molecule has 0 saturated carbocycles. The van der Waals surface area contributed by atoms with Crippen LogP contribution in [-0.2, 0) is 21.1 Å². The summed E-state index contributed by atoms with van der Waals surface area (Å²) in [6.07, 6.45) is 1.43. The molecule has 5 nitrogen and oxygen atoms in total. The van der Waals surface area contributed by atoms with Crippen LogP contribution in [0.5, 0.6) is 0 Å². The molecule has 1 amide bonds. The number of hydrogen-bond acceptors (Lipinski definition) is 4. The van der Waals surface area contributed by atoms with Crippen LogP contribution >= 0.6 is 0 Å². The molecular weight excluding hydrogens is 276 g/mol. The molecule has 0 bridgehead atoms. The summed E-state index contributed by atoms with van der Waals surface area (Å²) in [4.78, 5) is 12.4. The zero-order chi connectivity index (χ0) is 14.2. The van der Waals surface area contributed by atoms with E-state index in [1.807, 2.05) is 24.3 Å². The number of benzene rings is 1. The van der Waals surface area contributed by atoms with Crippen LogP contribution in [-0.4, -0.2) is 38.4 Å². The Kier molecular flexibility index (Phi) is 3.52. The van der Waals surface area contributed by atoms with Crippen LogP contribution in [0.3, 0.4) is 0 Å². The first-order valence-electron chi connectivity index (χ1n) is 6.87. The van der Waals surface area contributed by atoms with Crippen molar-refractivity contribution >= 4 is 15.7 Å². The maximum Gasteiger partial charge on any atom is 0.241 e. The standard InChI is InChI=1S/C14H18N2O3S/c17-14(16-11-6-8-20(18,19)9-11)13-12-4-2-1-3-10(12)5-7-15-13/h1-4,11,13,15H,5-9H2,(H,16,17). The third-order valence-electron chi connectivity index (χ3n) is 3.95. The van der Waals surface area contributed by atoms with Gasteiger partial charge in [0.25, 0.3) is 0 Å². The molecule has 1 fully saturated rings. The van der Waals surface area contributed by atoms with E-state index in [0.29, 0.717) is 6.42 Å². The molecule has 6 heteroatoms. The van der Waals surface area contributed by atoms with Crippen molar-refractivity contribution < 1.29 is 13.2 Å². The lowest BCUT2D eigenvalue weighted by molar-refractivity contribution is -0.124. The summed E-state index contributed by atoms with van der Waals surface area (Å²) in [5, 5.41) is 6.07. The maximum atomic E-state index is 12.4. The second-order valence-electron chi connectivity index (χ2n) is 5.44. The second-order valence-corrected chi connectivity index (χ2v) is 7.67. The van der Waals surface area contributed by atoms with Gasteiger partial charge in [0.2, 0.25) is 5.91 Å². The van der Waals surface area contributed by atoms with Crippen LogP contribution < -0.4 is 10.6 Å². The number of carbonyl (C=O) groups excluding carboxylic acids is 1. The summed E-state index contributed by atoms with van der Waals surface area (Å²) < 4.78 is 22.9. The van der Waals surface area contributed by atoms with Gasteiger partial charge in [0.1, 0.15) is 6.04 Å². The monoisotopic (exact) mass is 294 g/mol. The van der Waals surface area contributed by atoms with Gasteiger partial charge in [0, 0.05) is 12.6 Å². The van der Waals surface area contributed by atoms with Gasteiger partial charge >= 0.3 is 0 Å². The molecule has 2 aliphatic heterocycles. The number of fused-ring (bicyclic) bond motifs is 1. The van der Waals surface area contributed by atoms with Crippen LogP contribution in [0.1, 0.15) is 23.6 Å². The number of carbonyl (C=O) groups is 1. The Morgan fingerprint density at radius 3 is 2.85 bits per heavy atom. The first kappa shape index (κ1) is 13.6. The quantitative estimate of drug-likeness (QED) is 0.816. The second kappa shape index (κ2) is 5.18. The number of sulfone groups is 1. The number of hydrogen-bond donors (Lipinski definition) is 2. The van der Waals surface area contributed by atoms with Gasteiger partial charge in [-0.25, -0.2) is 8.42 Å². The lowest BCUT2D eigenvalue weighted by Gasteiger charge is -2.27. The topological polar surface area (TPSA) is 75.3 Å². The number of nitrogens with one attached hydrogen (secondary N) is 2. The molecule has 20 heavy (non-hydrogen) atoms. The van der Waals surface area contributed by atoms with E-state index in [1.54, 1.807) is 0 Å². The SMILES string of the molecule is O=C(NC1CCS(=O)(=O)C1)C1NCCc2ccccc21. The van der Waals surface area contributed by atoms with Gasteiger partial charge in [-0.05, 0) is 24.0 Å². The van der Waals surface area contributed by atoms with Crippen LogP contribution in [0.4, 0.5) is 0 Å². The van der Waals surface area contributed by atoms with E-state index in [2.05, 4.69) is 10.6 Å². The molecule has 3 rings (SSSR count). The van der Waals surface area contributed by atoms with E-state index in [0.717, 1.165) is 18.5 Å². The fourth-order valence-corrected chi connectivity index (χ4v) is 4.61. The largest absolute Gasteiger partial charge is 0.351 e. The molecule has 0 aliphatic carbocycles. The van der Waals surface area contributed by atoms with Crippen molar-refractivity contribution in [3.63, 3.8) is 0 Å². The third-order valence-corrected chi connectivity index (χ3v) is 5.72. The molecule has 1 saturated heterocycles. The molecule has 0 aromatic heterocycles. The first-order valence-corrected chi connectivity index (χ1v) is 8.69. The molecule has 0 radical (unpaired) electrons. The molecule has 2 N–H and O–H groups in total. The van der Waals surface area contributed by atoms with E-state index in [1.165, 1.54) is 5.56 Å². The fraction of sp³-hybridized carbons (Fsp3) is 0.500. The van der Waals surface area contributed by atoms with Gasteiger partial charge in [-0.3, -0.25) is 4.79 Å². The Morgan fingerprint density at radius 1 is 1.30 bits per heavy atom. The highest BCUT2D eigenvalue weighted by Gasteiger charge is 2.32. The van der Waals surface area contributed by atoms with E-state index >= 15 is 0 Å². The lowest BCUT2D eigenvalue weighted by atomic mass is 9.94. The predicted molar refractivity (Wildman–Crippen MR) is 76.1 cm³/mol. The average Bonchev–Trinajstić information content (AvgIpc) is 2.77.